The van der Waals surface area contributed by atoms with Crippen molar-refractivity contribution < 1.29 is 9.21 Å². The predicted octanol–water partition coefficient (Wildman–Crippen LogP) is 4.20. The number of hydrogen-bond acceptors (Lipinski definition) is 4. The van der Waals surface area contributed by atoms with Gasteiger partial charge in [0.05, 0.1) is 5.56 Å². The van der Waals surface area contributed by atoms with Crippen LogP contribution in [0.25, 0.3) is 11.5 Å². The number of rotatable bonds is 5. The average molecular weight is 376 g/mol. The van der Waals surface area contributed by atoms with Gasteiger partial charge in [0.1, 0.15) is 6.26 Å². The number of para-hydroxylation sites is 1. The largest absolute Gasteiger partial charge is 0.444 e. The Labute approximate surface area is 154 Å². The highest BCUT2D eigenvalue weighted by molar-refractivity contribution is 6.35. The SMILES string of the molecule is Nc1ccccc1-c1nc(C(=O)NCCc2ccc(Cl)cc2Cl)co1. The Balaban J connectivity index is 1.62. The highest BCUT2D eigenvalue weighted by Gasteiger charge is 2.14. The van der Waals surface area contributed by atoms with Gasteiger partial charge in [-0.2, -0.15) is 0 Å². The number of benzene rings is 2. The van der Waals surface area contributed by atoms with E-state index in [1.165, 1.54) is 6.26 Å². The molecule has 0 aliphatic carbocycles. The number of carbonyl (C=O) groups excluding carboxylic acids is 1. The van der Waals surface area contributed by atoms with Gasteiger partial charge in [0, 0.05) is 22.3 Å². The van der Waals surface area contributed by atoms with Gasteiger partial charge >= 0.3 is 0 Å². The molecule has 5 nitrogen and oxygen atoms in total. The van der Waals surface area contributed by atoms with E-state index in [-0.39, 0.29) is 11.6 Å². The molecule has 0 atom stereocenters. The molecule has 0 saturated carbocycles. The van der Waals surface area contributed by atoms with Gasteiger partial charge in [0.25, 0.3) is 5.91 Å². The van der Waals surface area contributed by atoms with Crippen molar-refractivity contribution in [2.45, 2.75) is 6.42 Å². The monoisotopic (exact) mass is 375 g/mol. The molecule has 0 radical (unpaired) electrons. The Kier molecular flexibility index (Phi) is 5.26. The number of anilines is 1. The molecule has 0 fully saturated rings. The number of carbonyl (C=O) groups is 1. The van der Waals surface area contributed by atoms with Crippen LogP contribution < -0.4 is 11.1 Å². The molecular weight excluding hydrogens is 361 g/mol. The third-order valence-electron chi connectivity index (χ3n) is 3.62. The van der Waals surface area contributed by atoms with Crippen molar-refractivity contribution in [1.29, 1.82) is 0 Å². The molecule has 25 heavy (non-hydrogen) atoms. The number of halogens is 2. The Morgan fingerprint density at radius 3 is 2.76 bits per heavy atom. The Morgan fingerprint density at radius 2 is 2.00 bits per heavy atom. The number of amides is 1. The zero-order valence-electron chi connectivity index (χ0n) is 13.1. The maximum atomic E-state index is 12.2. The van der Waals surface area contributed by atoms with Crippen LogP contribution in [0, 0.1) is 0 Å². The first-order valence-corrected chi connectivity index (χ1v) is 8.32. The van der Waals surface area contributed by atoms with Crippen LogP contribution in [0.3, 0.4) is 0 Å². The highest BCUT2D eigenvalue weighted by Crippen LogP contribution is 2.24. The number of aromatic nitrogens is 1. The highest BCUT2D eigenvalue weighted by atomic mass is 35.5. The first kappa shape index (κ1) is 17.3. The van der Waals surface area contributed by atoms with E-state index >= 15 is 0 Å². The molecule has 3 aromatic rings. The second-order valence-electron chi connectivity index (χ2n) is 5.37. The molecule has 128 valence electrons. The fourth-order valence-electron chi connectivity index (χ4n) is 2.32. The molecular formula is C18H15Cl2N3O2. The second kappa shape index (κ2) is 7.59. The van der Waals surface area contributed by atoms with Crippen molar-refractivity contribution in [3.63, 3.8) is 0 Å². The first-order valence-electron chi connectivity index (χ1n) is 7.57. The summed E-state index contributed by atoms with van der Waals surface area (Å²) in [7, 11) is 0. The minimum Gasteiger partial charge on any atom is -0.444 e. The third kappa shape index (κ3) is 4.13. The lowest BCUT2D eigenvalue weighted by Gasteiger charge is -2.05. The van der Waals surface area contributed by atoms with E-state index in [1.54, 1.807) is 24.3 Å². The maximum absolute atomic E-state index is 12.2. The molecule has 0 aliphatic rings. The van der Waals surface area contributed by atoms with Crippen LogP contribution in [-0.2, 0) is 6.42 Å². The Morgan fingerprint density at radius 1 is 1.20 bits per heavy atom. The smallest absolute Gasteiger partial charge is 0.273 e. The number of nitrogens with two attached hydrogens (primary N) is 1. The molecule has 0 bridgehead atoms. The van der Waals surface area contributed by atoms with Gasteiger partial charge in [0.2, 0.25) is 5.89 Å². The third-order valence-corrected chi connectivity index (χ3v) is 4.21. The summed E-state index contributed by atoms with van der Waals surface area (Å²) in [5.41, 5.74) is 8.17. The van der Waals surface area contributed by atoms with E-state index in [0.29, 0.717) is 40.2 Å². The normalized spacial score (nSPS) is 10.6. The molecule has 0 spiro atoms. The lowest BCUT2D eigenvalue weighted by atomic mass is 10.1. The fourth-order valence-corrected chi connectivity index (χ4v) is 2.82. The van der Waals surface area contributed by atoms with Crippen LogP contribution in [0.5, 0.6) is 0 Å². The van der Waals surface area contributed by atoms with Crippen LogP contribution in [0.2, 0.25) is 10.0 Å². The summed E-state index contributed by atoms with van der Waals surface area (Å²) in [6, 6.07) is 12.4. The van der Waals surface area contributed by atoms with Gasteiger partial charge in [-0.1, -0.05) is 41.4 Å². The van der Waals surface area contributed by atoms with Gasteiger partial charge in [-0.15, -0.1) is 0 Å². The molecule has 7 heteroatoms. The molecule has 3 rings (SSSR count). The summed E-state index contributed by atoms with van der Waals surface area (Å²) in [6.07, 6.45) is 1.89. The average Bonchev–Trinajstić information content (AvgIpc) is 3.07. The number of hydrogen-bond donors (Lipinski definition) is 2. The molecule has 3 N–H and O–H groups in total. The van der Waals surface area contributed by atoms with Crippen LogP contribution in [0.1, 0.15) is 16.1 Å². The van der Waals surface area contributed by atoms with Crippen LogP contribution in [0.15, 0.2) is 53.1 Å². The Bertz CT molecular complexity index is 909. The summed E-state index contributed by atoms with van der Waals surface area (Å²) >= 11 is 12.0. The van der Waals surface area contributed by atoms with E-state index in [2.05, 4.69) is 10.3 Å². The molecule has 2 aromatic carbocycles. The number of nitrogens with zero attached hydrogens (tertiary/aromatic N) is 1. The lowest BCUT2D eigenvalue weighted by molar-refractivity contribution is 0.0949. The van der Waals surface area contributed by atoms with Gasteiger partial charge < -0.3 is 15.5 Å². The summed E-state index contributed by atoms with van der Waals surface area (Å²) in [5, 5.41) is 3.94. The molecule has 0 aliphatic heterocycles. The summed E-state index contributed by atoms with van der Waals surface area (Å²) in [4.78, 5) is 16.4. The molecule has 1 heterocycles. The topological polar surface area (TPSA) is 81.1 Å². The van der Waals surface area contributed by atoms with Crippen LogP contribution in [-0.4, -0.2) is 17.4 Å². The molecule has 1 aromatic heterocycles. The van der Waals surface area contributed by atoms with Crippen molar-refractivity contribution in [2.75, 3.05) is 12.3 Å². The van der Waals surface area contributed by atoms with E-state index in [0.717, 1.165) is 5.56 Å². The standard InChI is InChI=1S/C18H15Cl2N3O2/c19-12-6-5-11(14(20)9-12)7-8-22-17(24)16-10-25-18(23-16)13-3-1-2-4-15(13)21/h1-6,9-10H,7-8,21H2,(H,22,24). The summed E-state index contributed by atoms with van der Waals surface area (Å²) in [6.45, 7) is 0.413. The molecule has 0 unspecified atom stereocenters. The van der Waals surface area contributed by atoms with Crippen molar-refractivity contribution in [3.05, 3.63) is 70.0 Å². The van der Waals surface area contributed by atoms with Gasteiger partial charge in [-0.05, 0) is 36.2 Å². The zero-order valence-corrected chi connectivity index (χ0v) is 14.6. The van der Waals surface area contributed by atoms with Gasteiger partial charge in [-0.25, -0.2) is 4.98 Å². The molecule has 1 amide bonds. The predicted molar refractivity (Wildman–Crippen MR) is 98.9 cm³/mol. The fraction of sp³-hybridized carbons (Fsp3) is 0.111. The lowest BCUT2D eigenvalue weighted by Crippen LogP contribution is -2.26. The summed E-state index contributed by atoms with van der Waals surface area (Å²) in [5.74, 6) is -0.0152. The van der Waals surface area contributed by atoms with E-state index in [1.807, 2.05) is 18.2 Å². The van der Waals surface area contributed by atoms with E-state index in [9.17, 15) is 4.79 Å². The van der Waals surface area contributed by atoms with Crippen molar-refractivity contribution in [3.8, 4) is 11.5 Å². The number of nitrogens with one attached hydrogen (secondary N) is 1. The Hall–Kier alpha value is -2.50. The minimum atomic E-state index is -0.324. The summed E-state index contributed by atoms with van der Waals surface area (Å²) < 4.78 is 5.36. The van der Waals surface area contributed by atoms with Crippen molar-refractivity contribution >= 4 is 34.8 Å². The van der Waals surface area contributed by atoms with Gasteiger partial charge in [-0.3, -0.25) is 4.79 Å². The second-order valence-corrected chi connectivity index (χ2v) is 6.21. The first-order chi connectivity index (χ1) is 12.0. The number of nitrogen functional groups attached to an aromatic ring is 1. The quantitative estimate of drug-likeness (QED) is 0.654. The molecule has 0 saturated heterocycles. The number of oxazole rings is 1. The zero-order chi connectivity index (χ0) is 17.8. The van der Waals surface area contributed by atoms with Crippen molar-refractivity contribution in [2.24, 2.45) is 0 Å². The van der Waals surface area contributed by atoms with Gasteiger partial charge in [0.15, 0.2) is 5.69 Å². The van der Waals surface area contributed by atoms with E-state index in [4.69, 9.17) is 33.4 Å². The van der Waals surface area contributed by atoms with Crippen LogP contribution in [0.4, 0.5) is 5.69 Å². The maximum Gasteiger partial charge on any atom is 0.273 e. The van der Waals surface area contributed by atoms with E-state index < -0.39 is 0 Å². The minimum absolute atomic E-state index is 0.195. The van der Waals surface area contributed by atoms with Crippen molar-refractivity contribution in [1.82, 2.24) is 10.3 Å². The van der Waals surface area contributed by atoms with Crippen LogP contribution >= 0.6 is 23.2 Å².